The van der Waals surface area contributed by atoms with Crippen LogP contribution in [0.25, 0.3) is 0 Å². The summed E-state index contributed by atoms with van der Waals surface area (Å²) in [4.78, 5) is 0. The molecule has 0 spiro atoms. The zero-order valence-corrected chi connectivity index (χ0v) is 46.7. The second kappa shape index (κ2) is 13.4. The van der Waals surface area contributed by atoms with Crippen LogP contribution < -0.4 is 0 Å². The molecule has 22 heteroatoms. The van der Waals surface area contributed by atoms with Crippen molar-refractivity contribution in [2.75, 3.05) is 0 Å². The zero-order chi connectivity index (χ0) is 27.0. The lowest BCUT2D eigenvalue weighted by molar-refractivity contribution is 0.0643. The van der Waals surface area contributed by atoms with Crippen molar-refractivity contribution in [3.63, 3.8) is 0 Å². The normalized spacial score (nSPS) is 18.6. The summed E-state index contributed by atoms with van der Waals surface area (Å²) < 4.78 is -12.5. The van der Waals surface area contributed by atoms with Crippen molar-refractivity contribution >= 4 is 335 Å². The van der Waals surface area contributed by atoms with Gasteiger partial charge in [-0.25, -0.2) is 5.11 Å². The minimum absolute atomic E-state index is 0.854. The summed E-state index contributed by atoms with van der Waals surface area (Å²) in [6, 6.07) is 0. The molecule has 0 aromatic heterocycles. The molecule has 1 atom stereocenters. The third kappa shape index (κ3) is 7.36. The summed E-state index contributed by atoms with van der Waals surface area (Å²) in [6.45, 7) is 0. The first-order valence-corrected chi connectivity index (χ1v) is 23.1. The van der Waals surface area contributed by atoms with Gasteiger partial charge in [0.15, 0.2) is 7.52 Å². The minimum Gasteiger partial charge on any atom is -0.211 e. The van der Waals surface area contributed by atoms with Gasteiger partial charge in [0.25, 0.3) is 0 Å². The number of rotatable bonds is 7. The van der Waals surface area contributed by atoms with E-state index in [2.05, 4.69) is 335 Å². The van der Waals surface area contributed by atoms with Gasteiger partial charge < -0.3 is 0 Å². The van der Waals surface area contributed by atoms with Gasteiger partial charge in [-0.2, -0.15) is 0 Å². The van der Waals surface area contributed by atoms with Crippen LogP contribution in [-0.2, 0) is 5.11 Å². The molecule has 0 rings (SSSR count). The van der Waals surface area contributed by atoms with Crippen molar-refractivity contribution in [1.82, 2.24) is 0 Å². The van der Waals surface area contributed by atoms with Gasteiger partial charge in [-0.3, -0.25) is 0 Å². The molecule has 193 valence electrons. The van der Waals surface area contributed by atoms with Crippen LogP contribution in [0.5, 0.6) is 0 Å². The highest BCUT2D eigenvalue weighted by Crippen LogP contribution is 2.79. The number of hydrogen-bond acceptors (Lipinski definition) is 0. The second-order valence-corrected chi connectivity index (χ2v) is 44.4. The predicted octanol–water partition coefficient (Wildman–Crippen LogP) is 15.6. The van der Waals surface area contributed by atoms with E-state index in [4.69, 9.17) is 0 Å². The maximum atomic E-state index is 13.8. The highest BCUT2D eigenvalue weighted by Gasteiger charge is 2.80. The van der Waals surface area contributed by atoms with E-state index in [9.17, 15) is 5.11 Å². The summed E-state index contributed by atoms with van der Waals surface area (Å²) in [7, 11) is 0. The van der Waals surface area contributed by atoms with Crippen molar-refractivity contribution in [3.8, 4) is 0 Å². The van der Waals surface area contributed by atoms with Gasteiger partial charge in [-0.05, 0) is 15.9 Å². The van der Waals surface area contributed by atoms with Crippen LogP contribution >= 0.6 is 335 Å². The Morgan fingerprint density at radius 1 is 0.250 bits per heavy atom. The predicted molar refractivity (Wildman–Crippen MR) is 215 cm³/mol. The average molecular weight is 1810 g/mol. The molecule has 32 heavy (non-hydrogen) atoms. The molecule has 0 aliphatic rings. The fourth-order valence-electron chi connectivity index (χ4n) is 1.54. The summed E-state index contributed by atoms with van der Waals surface area (Å²) in [6.07, 6.45) is 0. The lowest BCUT2D eigenvalue weighted by atomic mass is 10.1. The van der Waals surface area contributed by atoms with E-state index in [0.29, 0.717) is 0 Å². The van der Waals surface area contributed by atoms with E-state index < -0.39 is 31.4 Å². The van der Waals surface area contributed by atoms with Crippen molar-refractivity contribution in [3.05, 3.63) is 0 Å². The van der Waals surface area contributed by atoms with Crippen LogP contribution in [0.15, 0.2) is 0 Å². The van der Waals surface area contributed by atoms with E-state index in [-0.39, 0.29) is 0 Å². The van der Waals surface area contributed by atoms with Gasteiger partial charge in [-0.1, -0.05) is 319 Å². The van der Waals surface area contributed by atoms with E-state index in [1.54, 1.807) is 0 Å². The van der Waals surface area contributed by atoms with Gasteiger partial charge in [0, 0.05) is 0 Å². The van der Waals surface area contributed by atoms with Crippen molar-refractivity contribution < 1.29 is 5.11 Å². The second-order valence-electron chi connectivity index (χ2n) is 5.61. The standard InChI is InChI=1S/C10Br21O/c11-1(12,3(15,16)5(19,20)7(23,24)9(26,27)28)2(13,14)4(17,18)6(21,22)8(25,32)10(29,30)31. The molecule has 1 unspecified atom stereocenters. The number of hydrogen-bond donors (Lipinski definition) is 0. The summed E-state index contributed by atoms with van der Waals surface area (Å²) >= 11 is 76.0. The molecule has 0 aliphatic carbocycles. The fraction of sp³-hybridized carbons (Fsp3) is 1.00. The van der Waals surface area contributed by atoms with Gasteiger partial charge in [0.1, 0.15) is 19.4 Å². The Hall–Kier alpha value is 10.0. The largest absolute Gasteiger partial charge is 0.219 e. The molecule has 0 aromatic rings. The molecule has 0 aromatic carbocycles. The molecular formula is C10Br21O. The van der Waals surface area contributed by atoms with Crippen LogP contribution in [0, 0.1) is 0 Å². The molecule has 0 heterocycles. The first-order chi connectivity index (χ1) is 13.2. The molecule has 0 amide bonds. The van der Waals surface area contributed by atoms with Crippen LogP contribution in [0.1, 0.15) is 0 Å². The summed E-state index contributed by atoms with van der Waals surface area (Å²) in [5.74, 6) is 0. The van der Waals surface area contributed by atoms with Crippen molar-refractivity contribution in [1.29, 1.82) is 0 Å². The molecule has 0 saturated carbocycles. The topological polar surface area (TPSA) is 19.9 Å². The van der Waals surface area contributed by atoms with Crippen molar-refractivity contribution in [2.24, 2.45) is 0 Å². The average Bonchev–Trinajstić information content (AvgIpc) is 2.51. The highest BCUT2D eigenvalue weighted by atomic mass is 80.0. The van der Waals surface area contributed by atoms with Gasteiger partial charge >= 0.3 is 0 Å². The summed E-state index contributed by atoms with van der Waals surface area (Å²) in [5.41, 5.74) is 0. The van der Waals surface area contributed by atoms with Crippen LogP contribution in [-0.4, -0.2) is 31.4 Å². The first kappa shape index (κ1) is 42.0. The Morgan fingerprint density at radius 3 is 0.625 bits per heavy atom. The lowest BCUT2D eigenvalue weighted by Gasteiger charge is -2.58. The Kier molecular flexibility index (Phi) is 17.6. The molecule has 0 aliphatic heterocycles. The molecule has 0 bridgehead atoms. The molecule has 1 nitrogen and oxygen atoms in total. The highest BCUT2D eigenvalue weighted by molar-refractivity contribution is 9.42. The Bertz CT molecular complexity index is 632. The monoisotopic (exact) mass is 1790 g/mol. The smallest absolute Gasteiger partial charge is 0.211 e. The molecule has 1 radical (unpaired) electrons. The van der Waals surface area contributed by atoms with E-state index in [0.717, 1.165) is 0 Å². The van der Waals surface area contributed by atoms with Crippen LogP contribution in [0.3, 0.4) is 0 Å². The maximum Gasteiger partial charge on any atom is 0.219 e. The number of halogens is 21. The fourth-order valence-corrected chi connectivity index (χ4v) is 20.4. The van der Waals surface area contributed by atoms with E-state index in [1.807, 2.05) is 0 Å². The van der Waals surface area contributed by atoms with Gasteiger partial charge in [0.2, 0.25) is 4.51 Å². The summed E-state index contributed by atoms with van der Waals surface area (Å²) in [5, 5.41) is 13.8. The Balaban J connectivity index is 7.00. The molecular weight excluding hydrogens is 1810 g/mol. The number of alkyl halides is 21. The zero-order valence-electron chi connectivity index (χ0n) is 13.3. The SMILES string of the molecule is [O]C(Br)(C(Br)(Br)Br)C(Br)(Br)C(Br)(Br)C(Br)(Br)C(Br)(Br)C(Br)(Br)C(Br)(Br)C(Br)(Br)C(Br)(Br)Br. The van der Waals surface area contributed by atoms with Crippen molar-refractivity contribution in [2.45, 2.75) is 31.4 Å². The quantitative estimate of drug-likeness (QED) is 0.226. The van der Waals surface area contributed by atoms with Gasteiger partial charge in [-0.15, -0.1) is 0 Å². The lowest BCUT2D eigenvalue weighted by Crippen LogP contribution is -2.70. The molecule has 0 saturated heterocycles. The first-order valence-electron chi connectivity index (χ1n) is 6.42. The third-order valence-electron chi connectivity index (χ3n) is 3.49. The van der Waals surface area contributed by atoms with Gasteiger partial charge in [0.05, 0.1) is 0 Å². The third-order valence-corrected chi connectivity index (χ3v) is 43.3. The maximum absolute atomic E-state index is 13.8. The van der Waals surface area contributed by atoms with Crippen LogP contribution in [0.4, 0.5) is 0 Å². The molecule has 0 fully saturated rings. The Labute approximate surface area is 362 Å². The minimum atomic E-state index is -1.98. The van der Waals surface area contributed by atoms with E-state index in [1.165, 1.54) is 0 Å². The Morgan fingerprint density at radius 2 is 0.438 bits per heavy atom. The van der Waals surface area contributed by atoms with E-state index >= 15 is 0 Å². The molecule has 0 N–H and O–H groups in total. The van der Waals surface area contributed by atoms with Crippen LogP contribution in [0.2, 0.25) is 0 Å².